The molecule has 2 aromatic heterocycles. The summed E-state index contributed by atoms with van der Waals surface area (Å²) < 4.78 is 20.7. The summed E-state index contributed by atoms with van der Waals surface area (Å²) >= 11 is 0. The first kappa shape index (κ1) is 21.3. The van der Waals surface area contributed by atoms with Crippen LogP contribution in [-0.4, -0.2) is 49.8 Å². The Hall–Kier alpha value is -3.59. The molecular weight excluding hydrogens is 423 g/mol. The molecule has 0 bridgehead atoms. The van der Waals surface area contributed by atoms with Gasteiger partial charge in [0.2, 0.25) is 0 Å². The monoisotopic (exact) mass is 448 g/mol. The number of ether oxygens (including phenoxy) is 1. The number of H-pyrrole nitrogens is 1. The lowest BCUT2D eigenvalue weighted by atomic mass is 10.0. The molecule has 2 aromatic carbocycles. The maximum absolute atomic E-state index is 13.3. The summed E-state index contributed by atoms with van der Waals surface area (Å²) in [5, 5.41) is 13.3. The number of nitrogens with one attached hydrogen (secondary N) is 1. The number of nitrogens with zero attached hydrogens (tertiary/aromatic N) is 5. The predicted octanol–water partition coefficient (Wildman–Crippen LogP) is 3.29. The molecule has 0 spiro atoms. The fourth-order valence-corrected chi connectivity index (χ4v) is 4.44. The Bertz CT molecular complexity index is 1310. The maximum Gasteiger partial charge on any atom is 0.253 e. The Morgan fingerprint density at radius 3 is 2.67 bits per heavy atom. The Balaban J connectivity index is 1.59. The van der Waals surface area contributed by atoms with E-state index < -0.39 is 6.04 Å². The molecule has 33 heavy (non-hydrogen) atoms. The number of hydrogen-bond donors (Lipinski definition) is 1. The Kier molecular flexibility index (Phi) is 5.87. The third-order valence-corrected chi connectivity index (χ3v) is 6.01. The van der Waals surface area contributed by atoms with Crippen molar-refractivity contribution in [2.75, 3.05) is 19.7 Å². The first-order chi connectivity index (χ1) is 16.1. The second-order valence-electron chi connectivity index (χ2n) is 8.20. The van der Waals surface area contributed by atoms with Gasteiger partial charge >= 0.3 is 0 Å². The first-order valence-corrected chi connectivity index (χ1v) is 11.2. The van der Waals surface area contributed by atoms with Gasteiger partial charge in [-0.15, -0.1) is 5.10 Å². The summed E-state index contributed by atoms with van der Waals surface area (Å²) in [7, 11) is 0. The van der Waals surface area contributed by atoms with Crippen molar-refractivity contribution in [3.8, 4) is 5.75 Å². The normalized spacial score (nSPS) is 15.2. The molecule has 1 N–H and O–H groups in total. The molecular formula is C24H25FN6O2. The van der Waals surface area contributed by atoms with Gasteiger partial charge in [0, 0.05) is 16.5 Å². The quantitative estimate of drug-likeness (QED) is 0.467. The molecule has 4 aromatic rings. The van der Waals surface area contributed by atoms with Crippen molar-refractivity contribution < 1.29 is 9.13 Å². The van der Waals surface area contributed by atoms with Gasteiger partial charge in [-0.2, -0.15) is 0 Å². The van der Waals surface area contributed by atoms with E-state index in [-0.39, 0.29) is 11.4 Å². The van der Waals surface area contributed by atoms with E-state index in [4.69, 9.17) is 4.74 Å². The summed E-state index contributed by atoms with van der Waals surface area (Å²) in [6, 6.07) is 13.4. The second-order valence-corrected chi connectivity index (χ2v) is 8.20. The molecule has 0 unspecified atom stereocenters. The summed E-state index contributed by atoms with van der Waals surface area (Å²) in [6.45, 7) is 4.59. The van der Waals surface area contributed by atoms with E-state index in [9.17, 15) is 9.18 Å². The van der Waals surface area contributed by atoms with Gasteiger partial charge < -0.3 is 9.72 Å². The minimum Gasteiger partial charge on any atom is -0.494 e. The van der Waals surface area contributed by atoms with Crippen LogP contribution in [0, 0.1) is 5.82 Å². The average Bonchev–Trinajstić information content (AvgIpc) is 3.50. The van der Waals surface area contributed by atoms with Crippen LogP contribution in [-0.2, 0) is 6.54 Å². The zero-order chi connectivity index (χ0) is 22.8. The van der Waals surface area contributed by atoms with Gasteiger partial charge in [-0.1, -0.05) is 12.1 Å². The fourth-order valence-electron chi connectivity index (χ4n) is 4.44. The van der Waals surface area contributed by atoms with Crippen molar-refractivity contribution in [3.63, 3.8) is 0 Å². The molecule has 0 radical (unpaired) electrons. The molecule has 8 nitrogen and oxygen atoms in total. The molecule has 1 aliphatic heterocycles. The lowest BCUT2D eigenvalue weighted by Crippen LogP contribution is -2.33. The number of hydrogen-bond acceptors (Lipinski definition) is 6. The Morgan fingerprint density at radius 2 is 1.91 bits per heavy atom. The van der Waals surface area contributed by atoms with Gasteiger partial charge in [-0.05, 0) is 85.2 Å². The van der Waals surface area contributed by atoms with Crippen LogP contribution in [0.15, 0.2) is 53.3 Å². The average molecular weight is 449 g/mol. The summed E-state index contributed by atoms with van der Waals surface area (Å²) in [4.78, 5) is 18.5. The van der Waals surface area contributed by atoms with E-state index in [0.717, 1.165) is 48.1 Å². The number of benzene rings is 2. The molecule has 0 saturated carbocycles. The van der Waals surface area contributed by atoms with Crippen LogP contribution in [0.3, 0.4) is 0 Å². The minimum atomic E-state index is -0.396. The van der Waals surface area contributed by atoms with Crippen molar-refractivity contribution in [1.29, 1.82) is 0 Å². The number of fused-ring (bicyclic) bond motifs is 1. The van der Waals surface area contributed by atoms with E-state index in [0.29, 0.717) is 24.5 Å². The number of halogens is 1. The van der Waals surface area contributed by atoms with E-state index in [1.807, 2.05) is 31.2 Å². The molecule has 170 valence electrons. The molecule has 5 rings (SSSR count). The zero-order valence-electron chi connectivity index (χ0n) is 18.4. The van der Waals surface area contributed by atoms with Crippen molar-refractivity contribution in [2.24, 2.45) is 0 Å². The molecule has 9 heteroatoms. The molecule has 1 aliphatic rings. The lowest BCUT2D eigenvalue weighted by molar-refractivity contribution is 0.263. The van der Waals surface area contributed by atoms with Crippen LogP contribution < -0.4 is 10.3 Å². The van der Waals surface area contributed by atoms with Crippen LogP contribution >= 0.6 is 0 Å². The number of pyridine rings is 1. The third-order valence-electron chi connectivity index (χ3n) is 6.01. The van der Waals surface area contributed by atoms with Crippen molar-refractivity contribution in [1.82, 2.24) is 30.1 Å². The van der Waals surface area contributed by atoms with E-state index in [1.54, 1.807) is 16.8 Å². The molecule has 1 atom stereocenters. The predicted molar refractivity (Wildman–Crippen MR) is 122 cm³/mol. The highest BCUT2D eigenvalue weighted by Gasteiger charge is 2.32. The van der Waals surface area contributed by atoms with Crippen LogP contribution in [0.5, 0.6) is 5.75 Å². The number of aromatic nitrogens is 5. The third kappa shape index (κ3) is 4.36. The second kappa shape index (κ2) is 9.11. The number of tetrazole rings is 1. The zero-order valence-corrected chi connectivity index (χ0v) is 18.4. The van der Waals surface area contributed by atoms with Crippen molar-refractivity contribution >= 4 is 10.9 Å². The lowest BCUT2D eigenvalue weighted by Gasteiger charge is -2.26. The number of aromatic amines is 1. The smallest absolute Gasteiger partial charge is 0.253 e. The van der Waals surface area contributed by atoms with Crippen molar-refractivity contribution in [3.05, 3.63) is 81.7 Å². The first-order valence-electron chi connectivity index (χ1n) is 11.2. The van der Waals surface area contributed by atoms with Gasteiger partial charge in [0.1, 0.15) is 17.6 Å². The molecule has 1 saturated heterocycles. The van der Waals surface area contributed by atoms with Crippen LogP contribution in [0.4, 0.5) is 4.39 Å². The summed E-state index contributed by atoms with van der Waals surface area (Å²) in [5.74, 6) is 1.05. The minimum absolute atomic E-state index is 0.167. The van der Waals surface area contributed by atoms with Crippen molar-refractivity contribution in [2.45, 2.75) is 32.4 Å². The highest BCUT2D eigenvalue weighted by atomic mass is 19.1. The Morgan fingerprint density at radius 1 is 1.12 bits per heavy atom. The summed E-state index contributed by atoms with van der Waals surface area (Å²) in [6.07, 6.45) is 2.10. The van der Waals surface area contributed by atoms with Crippen LogP contribution in [0.1, 0.15) is 42.8 Å². The van der Waals surface area contributed by atoms with E-state index in [1.165, 1.54) is 12.1 Å². The fraction of sp³-hybridized carbons (Fsp3) is 0.333. The molecule has 3 heterocycles. The topological polar surface area (TPSA) is 88.9 Å². The van der Waals surface area contributed by atoms with Crippen LogP contribution in [0.2, 0.25) is 0 Å². The van der Waals surface area contributed by atoms with Gasteiger partial charge in [-0.25, -0.2) is 9.07 Å². The van der Waals surface area contributed by atoms with Crippen LogP contribution in [0.25, 0.3) is 10.9 Å². The SMILES string of the molecule is CCOc1ccc2[nH]c(=O)c([C@@H](c3nnnn3Cc3ccc(F)cc3)N3CCCC3)cc2c1. The molecule has 0 amide bonds. The molecule has 0 aliphatic carbocycles. The number of likely N-dealkylation sites (tertiary alicyclic amines) is 1. The van der Waals surface area contributed by atoms with E-state index >= 15 is 0 Å². The maximum atomic E-state index is 13.3. The highest BCUT2D eigenvalue weighted by Crippen LogP contribution is 2.30. The largest absolute Gasteiger partial charge is 0.494 e. The van der Waals surface area contributed by atoms with Gasteiger partial charge in [0.25, 0.3) is 5.56 Å². The highest BCUT2D eigenvalue weighted by molar-refractivity contribution is 5.80. The summed E-state index contributed by atoms with van der Waals surface area (Å²) in [5.41, 5.74) is 2.05. The van der Waals surface area contributed by atoms with E-state index in [2.05, 4.69) is 25.4 Å². The molecule has 1 fully saturated rings. The van der Waals surface area contributed by atoms with Gasteiger partial charge in [0.05, 0.1) is 13.2 Å². The Labute approximate surface area is 190 Å². The standard InChI is InChI=1S/C24H25FN6O2/c1-2-33-19-9-10-21-17(13-19)14-20(24(32)26-21)22(30-11-3-4-12-30)23-27-28-29-31(23)15-16-5-7-18(25)8-6-16/h5-10,13-14,22H,2-4,11-12,15H2,1H3,(H,26,32)/t22-/m0/s1. The van der Waals surface area contributed by atoms with Gasteiger partial charge in [0.15, 0.2) is 5.82 Å². The number of rotatable bonds is 7. The van der Waals surface area contributed by atoms with Gasteiger partial charge in [-0.3, -0.25) is 9.69 Å².